The van der Waals surface area contributed by atoms with Gasteiger partial charge in [0.1, 0.15) is 12.4 Å². The Morgan fingerprint density at radius 2 is 1.50 bits per heavy atom. The van der Waals surface area contributed by atoms with Crippen molar-refractivity contribution in [3.63, 3.8) is 0 Å². The fraction of sp³-hybridized carbons (Fsp3) is 0.467. The van der Waals surface area contributed by atoms with Crippen LogP contribution in [0.15, 0.2) is 36.9 Å². The molecule has 0 amide bonds. The SMILES string of the molecule is C=CCOCCOCCOCCOc1ccccc1N. The summed E-state index contributed by atoms with van der Waals surface area (Å²) in [7, 11) is 0. The number of rotatable bonds is 12. The van der Waals surface area contributed by atoms with Gasteiger partial charge in [0.05, 0.1) is 45.3 Å². The minimum Gasteiger partial charge on any atom is -0.489 e. The molecular weight excluding hydrogens is 258 g/mol. The Hall–Kier alpha value is -1.56. The van der Waals surface area contributed by atoms with E-state index in [0.29, 0.717) is 57.7 Å². The summed E-state index contributed by atoms with van der Waals surface area (Å²) in [5, 5.41) is 0. The average Bonchev–Trinajstić information content (AvgIpc) is 2.46. The summed E-state index contributed by atoms with van der Waals surface area (Å²) in [6, 6.07) is 7.39. The Morgan fingerprint density at radius 1 is 0.900 bits per heavy atom. The van der Waals surface area contributed by atoms with Gasteiger partial charge in [-0.1, -0.05) is 18.2 Å². The minimum atomic E-state index is 0.469. The summed E-state index contributed by atoms with van der Waals surface area (Å²) < 4.78 is 21.4. The zero-order valence-corrected chi connectivity index (χ0v) is 11.8. The molecule has 1 rings (SSSR count). The Kier molecular flexibility index (Phi) is 9.30. The van der Waals surface area contributed by atoms with Crippen LogP contribution in [0, 0.1) is 0 Å². The Balaban J connectivity index is 1.88. The first-order valence-corrected chi connectivity index (χ1v) is 6.66. The summed E-state index contributed by atoms with van der Waals surface area (Å²) in [6.07, 6.45) is 1.71. The molecule has 0 aliphatic carbocycles. The number of benzene rings is 1. The first-order chi connectivity index (χ1) is 9.84. The lowest BCUT2D eigenvalue weighted by Gasteiger charge is -2.09. The normalized spacial score (nSPS) is 10.4. The molecule has 0 radical (unpaired) electrons. The highest BCUT2D eigenvalue weighted by Crippen LogP contribution is 2.19. The molecule has 0 spiro atoms. The van der Waals surface area contributed by atoms with Crippen LogP contribution in [0.2, 0.25) is 0 Å². The van der Waals surface area contributed by atoms with Crippen LogP contribution in [0.3, 0.4) is 0 Å². The predicted octanol–water partition coefficient (Wildman–Crippen LogP) is 1.88. The monoisotopic (exact) mass is 281 g/mol. The molecule has 5 heteroatoms. The Labute approximate surface area is 120 Å². The minimum absolute atomic E-state index is 0.469. The average molecular weight is 281 g/mol. The first kappa shape index (κ1) is 16.5. The van der Waals surface area contributed by atoms with Crippen LogP contribution in [-0.4, -0.2) is 46.2 Å². The highest BCUT2D eigenvalue weighted by atomic mass is 16.6. The van der Waals surface area contributed by atoms with Gasteiger partial charge in [-0.2, -0.15) is 0 Å². The summed E-state index contributed by atoms with van der Waals surface area (Å²) >= 11 is 0. The zero-order valence-electron chi connectivity index (χ0n) is 11.8. The molecule has 0 heterocycles. The van der Waals surface area contributed by atoms with Crippen LogP contribution in [0.25, 0.3) is 0 Å². The lowest BCUT2D eigenvalue weighted by atomic mass is 10.3. The van der Waals surface area contributed by atoms with Gasteiger partial charge in [0.15, 0.2) is 0 Å². The van der Waals surface area contributed by atoms with Gasteiger partial charge in [-0.3, -0.25) is 0 Å². The molecule has 0 atom stereocenters. The zero-order chi connectivity index (χ0) is 14.5. The molecule has 1 aromatic rings. The molecule has 0 aromatic heterocycles. The molecule has 0 saturated heterocycles. The summed E-state index contributed by atoms with van der Waals surface area (Å²) in [5.41, 5.74) is 6.38. The van der Waals surface area contributed by atoms with Gasteiger partial charge in [0, 0.05) is 0 Å². The molecule has 112 valence electrons. The fourth-order valence-electron chi connectivity index (χ4n) is 1.43. The molecule has 0 unspecified atom stereocenters. The van der Waals surface area contributed by atoms with Crippen molar-refractivity contribution in [1.82, 2.24) is 0 Å². The second-order valence-corrected chi connectivity index (χ2v) is 3.97. The van der Waals surface area contributed by atoms with Crippen molar-refractivity contribution in [2.75, 3.05) is 52.0 Å². The Morgan fingerprint density at radius 3 is 2.15 bits per heavy atom. The van der Waals surface area contributed by atoms with E-state index >= 15 is 0 Å². The Bertz CT molecular complexity index is 371. The van der Waals surface area contributed by atoms with E-state index in [1.54, 1.807) is 12.1 Å². The van der Waals surface area contributed by atoms with Crippen LogP contribution in [0.4, 0.5) is 5.69 Å². The summed E-state index contributed by atoms with van der Waals surface area (Å²) in [6.45, 7) is 7.31. The van der Waals surface area contributed by atoms with Crippen LogP contribution in [0.5, 0.6) is 5.75 Å². The van der Waals surface area contributed by atoms with Crippen LogP contribution >= 0.6 is 0 Å². The molecule has 20 heavy (non-hydrogen) atoms. The van der Waals surface area contributed by atoms with E-state index in [2.05, 4.69) is 6.58 Å². The highest BCUT2D eigenvalue weighted by molar-refractivity contribution is 5.51. The first-order valence-electron chi connectivity index (χ1n) is 6.66. The number of hydrogen-bond acceptors (Lipinski definition) is 5. The molecule has 0 aliphatic heterocycles. The van der Waals surface area contributed by atoms with E-state index in [1.165, 1.54) is 0 Å². The summed E-state index contributed by atoms with van der Waals surface area (Å²) in [5.74, 6) is 0.687. The maximum Gasteiger partial charge on any atom is 0.142 e. The van der Waals surface area contributed by atoms with Crippen LogP contribution < -0.4 is 10.5 Å². The fourth-order valence-corrected chi connectivity index (χ4v) is 1.43. The van der Waals surface area contributed by atoms with Crippen molar-refractivity contribution in [3.8, 4) is 5.75 Å². The molecular formula is C15H23NO4. The smallest absolute Gasteiger partial charge is 0.142 e. The van der Waals surface area contributed by atoms with Gasteiger partial charge in [-0.15, -0.1) is 6.58 Å². The number of anilines is 1. The second-order valence-electron chi connectivity index (χ2n) is 3.97. The van der Waals surface area contributed by atoms with Crippen molar-refractivity contribution in [1.29, 1.82) is 0 Å². The van der Waals surface area contributed by atoms with Crippen molar-refractivity contribution < 1.29 is 18.9 Å². The van der Waals surface area contributed by atoms with E-state index in [0.717, 1.165) is 0 Å². The van der Waals surface area contributed by atoms with Gasteiger partial charge in [-0.05, 0) is 12.1 Å². The number of nitrogen functional groups attached to an aromatic ring is 1. The lowest BCUT2D eigenvalue weighted by molar-refractivity contribution is 0.0136. The van der Waals surface area contributed by atoms with Crippen molar-refractivity contribution >= 4 is 5.69 Å². The van der Waals surface area contributed by atoms with Gasteiger partial charge < -0.3 is 24.7 Å². The van der Waals surface area contributed by atoms with E-state index < -0.39 is 0 Å². The van der Waals surface area contributed by atoms with Crippen LogP contribution in [0.1, 0.15) is 0 Å². The van der Waals surface area contributed by atoms with Crippen molar-refractivity contribution in [2.45, 2.75) is 0 Å². The number of para-hydroxylation sites is 2. The van der Waals surface area contributed by atoms with Gasteiger partial charge in [0.2, 0.25) is 0 Å². The second kappa shape index (κ2) is 11.3. The van der Waals surface area contributed by atoms with E-state index in [9.17, 15) is 0 Å². The van der Waals surface area contributed by atoms with Crippen LogP contribution in [-0.2, 0) is 14.2 Å². The van der Waals surface area contributed by atoms with Crippen molar-refractivity contribution in [3.05, 3.63) is 36.9 Å². The largest absolute Gasteiger partial charge is 0.489 e. The third-order valence-corrected chi connectivity index (χ3v) is 2.38. The van der Waals surface area contributed by atoms with E-state index in [-0.39, 0.29) is 0 Å². The molecule has 2 N–H and O–H groups in total. The van der Waals surface area contributed by atoms with E-state index in [1.807, 2.05) is 18.2 Å². The van der Waals surface area contributed by atoms with E-state index in [4.69, 9.17) is 24.7 Å². The topological polar surface area (TPSA) is 62.9 Å². The molecule has 0 saturated carbocycles. The number of nitrogens with two attached hydrogens (primary N) is 1. The summed E-state index contributed by atoms with van der Waals surface area (Å²) in [4.78, 5) is 0. The molecule has 0 aliphatic rings. The predicted molar refractivity (Wildman–Crippen MR) is 79.0 cm³/mol. The maximum absolute atomic E-state index is 5.75. The molecule has 0 bridgehead atoms. The molecule has 5 nitrogen and oxygen atoms in total. The third-order valence-electron chi connectivity index (χ3n) is 2.38. The maximum atomic E-state index is 5.75. The standard InChI is InChI=1S/C15H23NO4/c1-2-7-17-8-9-18-10-11-19-12-13-20-15-6-4-3-5-14(15)16/h2-6H,1,7-13,16H2. The third kappa shape index (κ3) is 7.78. The molecule has 1 aromatic carbocycles. The quantitative estimate of drug-likeness (QED) is 0.360. The van der Waals surface area contributed by atoms with Gasteiger partial charge >= 0.3 is 0 Å². The molecule has 0 fully saturated rings. The lowest BCUT2D eigenvalue weighted by Crippen LogP contribution is -2.13. The highest BCUT2D eigenvalue weighted by Gasteiger charge is 1.97. The van der Waals surface area contributed by atoms with Gasteiger partial charge in [0.25, 0.3) is 0 Å². The number of ether oxygens (including phenoxy) is 4. The number of hydrogen-bond donors (Lipinski definition) is 1. The van der Waals surface area contributed by atoms with Gasteiger partial charge in [-0.25, -0.2) is 0 Å². The van der Waals surface area contributed by atoms with Crippen molar-refractivity contribution in [2.24, 2.45) is 0 Å².